The van der Waals surface area contributed by atoms with Gasteiger partial charge in [-0.05, 0) is 31.5 Å². The summed E-state index contributed by atoms with van der Waals surface area (Å²) in [6, 6.07) is 5.93. The topological polar surface area (TPSA) is 40.5 Å². The van der Waals surface area contributed by atoms with E-state index in [0.717, 1.165) is 23.6 Å². The van der Waals surface area contributed by atoms with Crippen molar-refractivity contribution in [2.45, 2.75) is 19.9 Å². The van der Waals surface area contributed by atoms with Crippen LogP contribution in [0.2, 0.25) is 0 Å². The minimum atomic E-state index is -0.196. The summed E-state index contributed by atoms with van der Waals surface area (Å²) in [5.41, 5.74) is 2.40. The molecule has 106 valence electrons. The highest BCUT2D eigenvalue weighted by Gasteiger charge is 2.25. The van der Waals surface area contributed by atoms with Crippen molar-refractivity contribution < 1.29 is 9.90 Å². The second-order valence-corrected chi connectivity index (χ2v) is 6.08. The Kier molecular flexibility index (Phi) is 5.11. The normalized spacial score (nSPS) is 18.4. The van der Waals surface area contributed by atoms with Crippen LogP contribution >= 0.6 is 11.8 Å². The van der Waals surface area contributed by atoms with Crippen molar-refractivity contribution in [1.29, 1.82) is 0 Å². The van der Waals surface area contributed by atoms with Gasteiger partial charge in [0.25, 0.3) is 5.91 Å². The molecule has 2 rings (SSSR count). The molecular weight excluding hydrogens is 270 g/mol. The fourth-order valence-electron chi connectivity index (χ4n) is 2.27. The van der Waals surface area contributed by atoms with E-state index in [1.807, 2.05) is 41.8 Å². The summed E-state index contributed by atoms with van der Waals surface area (Å²) in [5, 5.41) is 8.85. The van der Waals surface area contributed by atoms with Crippen molar-refractivity contribution in [2.75, 3.05) is 24.7 Å². The largest absolute Gasteiger partial charge is 0.384 e. The van der Waals surface area contributed by atoms with Gasteiger partial charge < -0.3 is 10.0 Å². The number of aliphatic hydroxyl groups is 1. The lowest BCUT2D eigenvalue weighted by Crippen LogP contribution is -2.44. The minimum absolute atomic E-state index is 0.0417. The Labute approximate surface area is 124 Å². The number of amides is 1. The van der Waals surface area contributed by atoms with Crippen LogP contribution < -0.4 is 0 Å². The number of aryl methyl sites for hydroxylation is 1. The van der Waals surface area contributed by atoms with E-state index in [2.05, 4.69) is 18.8 Å². The van der Waals surface area contributed by atoms with Gasteiger partial charge >= 0.3 is 0 Å². The lowest BCUT2D eigenvalue weighted by molar-refractivity contribution is 0.0715. The van der Waals surface area contributed by atoms with Gasteiger partial charge in [-0.2, -0.15) is 11.8 Å². The Morgan fingerprint density at radius 3 is 3.05 bits per heavy atom. The first-order valence-corrected chi connectivity index (χ1v) is 7.88. The second kappa shape index (κ2) is 6.83. The molecule has 0 spiro atoms. The van der Waals surface area contributed by atoms with Crippen LogP contribution in [0.4, 0.5) is 0 Å². The Morgan fingerprint density at radius 1 is 1.55 bits per heavy atom. The molecule has 0 radical (unpaired) electrons. The van der Waals surface area contributed by atoms with Gasteiger partial charge in [-0.1, -0.05) is 17.9 Å². The Hall–Kier alpha value is -1.44. The van der Waals surface area contributed by atoms with E-state index in [9.17, 15) is 4.79 Å². The highest BCUT2D eigenvalue weighted by atomic mass is 32.2. The first-order chi connectivity index (χ1) is 9.63. The van der Waals surface area contributed by atoms with Gasteiger partial charge in [0, 0.05) is 29.7 Å². The third-order valence-electron chi connectivity index (χ3n) is 3.34. The molecule has 1 heterocycles. The van der Waals surface area contributed by atoms with E-state index in [1.54, 1.807) is 0 Å². The van der Waals surface area contributed by atoms with Gasteiger partial charge in [0.2, 0.25) is 0 Å². The fraction of sp³-hybridized carbons (Fsp3) is 0.438. The molecule has 1 unspecified atom stereocenters. The number of benzene rings is 1. The number of aliphatic hydroxyl groups excluding tert-OH is 1. The maximum absolute atomic E-state index is 12.7. The van der Waals surface area contributed by atoms with E-state index < -0.39 is 0 Å². The number of rotatable bonds is 1. The predicted octanol–water partition coefficient (Wildman–Crippen LogP) is 1.92. The van der Waals surface area contributed by atoms with Gasteiger partial charge in [-0.15, -0.1) is 0 Å². The highest BCUT2D eigenvalue weighted by Crippen LogP contribution is 2.20. The summed E-state index contributed by atoms with van der Waals surface area (Å²) >= 11 is 1.88. The van der Waals surface area contributed by atoms with Crippen LogP contribution in [0, 0.1) is 18.8 Å². The number of nitrogens with zero attached hydrogens (tertiary/aromatic N) is 1. The molecule has 1 atom stereocenters. The molecule has 3 nitrogen and oxygen atoms in total. The van der Waals surface area contributed by atoms with Gasteiger partial charge in [0.1, 0.15) is 6.61 Å². The van der Waals surface area contributed by atoms with E-state index in [1.165, 1.54) is 0 Å². The summed E-state index contributed by atoms with van der Waals surface area (Å²) in [4.78, 5) is 14.6. The molecule has 1 amide bonds. The molecule has 20 heavy (non-hydrogen) atoms. The lowest BCUT2D eigenvalue weighted by Gasteiger charge is -2.33. The highest BCUT2D eigenvalue weighted by molar-refractivity contribution is 7.99. The van der Waals surface area contributed by atoms with Crippen molar-refractivity contribution in [2.24, 2.45) is 0 Å². The fourth-order valence-corrected chi connectivity index (χ4v) is 3.28. The summed E-state index contributed by atoms with van der Waals surface area (Å²) < 4.78 is 0. The SMILES string of the molecule is Cc1ccc(C(=O)N2CCSCC2C)c(C#CCO)c1. The van der Waals surface area contributed by atoms with Crippen LogP contribution in [0.3, 0.4) is 0 Å². The van der Waals surface area contributed by atoms with Crippen LogP contribution in [-0.4, -0.2) is 46.6 Å². The molecule has 0 saturated carbocycles. The van der Waals surface area contributed by atoms with Crippen molar-refractivity contribution in [3.8, 4) is 11.8 Å². The standard InChI is InChI=1S/C16H19NO2S/c1-12-5-6-15(14(10-12)4-3-8-18)16(19)17-7-9-20-11-13(17)2/h5-6,10,13,18H,7-9,11H2,1-2H3. The van der Waals surface area contributed by atoms with Crippen LogP contribution in [0.15, 0.2) is 18.2 Å². The summed E-state index contributed by atoms with van der Waals surface area (Å²) in [6.45, 7) is 4.64. The number of carbonyl (C=O) groups excluding carboxylic acids is 1. The first-order valence-electron chi connectivity index (χ1n) is 6.72. The average molecular weight is 289 g/mol. The molecule has 0 aliphatic carbocycles. The summed E-state index contributed by atoms with van der Waals surface area (Å²) in [7, 11) is 0. The molecule has 1 fully saturated rings. The maximum Gasteiger partial charge on any atom is 0.255 e. The molecule has 1 saturated heterocycles. The molecular formula is C16H19NO2S. The van der Waals surface area contributed by atoms with Crippen LogP contribution in [0.25, 0.3) is 0 Å². The predicted molar refractivity (Wildman–Crippen MR) is 83.0 cm³/mol. The monoisotopic (exact) mass is 289 g/mol. The van der Waals surface area contributed by atoms with E-state index in [4.69, 9.17) is 5.11 Å². The van der Waals surface area contributed by atoms with Crippen LogP contribution in [0.1, 0.15) is 28.4 Å². The summed E-state index contributed by atoms with van der Waals surface area (Å²) in [6.07, 6.45) is 0. The Bertz CT molecular complexity index is 559. The van der Waals surface area contributed by atoms with Crippen LogP contribution in [-0.2, 0) is 0 Å². The minimum Gasteiger partial charge on any atom is -0.384 e. The molecule has 1 aliphatic rings. The van der Waals surface area contributed by atoms with Gasteiger partial charge in [-0.25, -0.2) is 0 Å². The smallest absolute Gasteiger partial charge is 0.255 e. The number of carbonyl (C=O) groups is 1. The zero-order valence-corrected chi connectivity index (χ0v) is 12.7. The number of hydrogen-bond acceptors (Lipinski definition) is 3. The second-order valence-electron chi connectivity index (χ2n) is 4.93. The van der Waals surface area contributed by atoms with Crippen molar-refractivity contribution in [3.05, 3.63) is 34.9 Å². The quantitative estimate of drug-likeness (QED) is 0.803. The zero-order valence-electron chi connectivity index (χ0n) is 11.8. The molecule has 0 aromatic heterocycles. The van der Waals surface area contributed by atoms with E-state index in [0.29, 0.717) is 11.1 Å². The molecule has 1 aromatic carbocycles. The third-order valence-corrected chi connectivity index (χ3v) is 4.53. The molecule has 1 aromatic rings. The van der Waals surface area contributed by atoms with Crippen molar-refractivity contribution in [3.63, 3.8) is 0 Å². The van der Waals surface area contributed by atoms with Gasteiger partial charge in [-0.3, -0.25) is 4.79 Å². The Balaban J connectivity index is 2.33. The van der Waals surface area contributed by atoms with Gasteiger partial charge in [0.05, 0.1) is 5.56 Å². The lowest BCUT2D eigenvalue weighted by atomic mass is 10.0. The summed E-state index contributed by atoms with van der Waals surface area (Å²) in [5.74, 6) is 7.53. The Morgan fingerprint density at radius 2 is 2.35 bits per heavy atom. The van der Waals surface area contributed by atoms with E-state index >= 15 is 0 Å². The number of hydrogen-bond donors (Lipinski definition) is 1. The number of thioether (sulfide) groups is 1. The molecule has 1 N–H and O–H groups in total. The van der Waals surface area contributed by atoms with Gasteiger partial charge in [0.15, 0.2) is 0 Å². The average Bonchev–Trinajstić information content (AvgIpc) is 2.45. The molecule has 0 bridgehead atoms. The first kappa shape index (κ1) is 15.0. The molecule has 4 heteroatoms. The maximum atomic E-state index is 12.7. The van der Waals surface area contributed by atoms with Crippen molar-refractivity contribution in [1.82, 2.24) is 4.90 Å². The molecule has 1 aliphatic heterocycles. The van der Waals surface area contributed by atoms with E-state index in [-0.39, 0.29) is 18.6 Å². The van der Waals surface area contributed by atoms with Crippen molar-refractivity contribution >= 4 is 17.7 Å². The van der Waals surface area contributed by atoms with Crippen LogP contribution in [0.5, 0.6) is 0 Å². The third kappa shape index (κ3) is 3.36. The zero-order chi connectivity index (χ0) is 14.5.